The van der Waals surface area contributed by atoms with Crippen molar-refractivity contribution in [2.45, 2.75) is 6.92 Å². The van der Waals surface area contributed by atoms with Gasteiger partial charge in [-0.15, -0.1) is 10.2 Å². The summed E-state index contributed by atoms with van der Waals surface area (Å²) in [6.07, 6.45) is 1.25. The number of halogens is 2. The van der Waals surface area contributed by atoms with E-state index in [0.717, 1.165) is 0 Å². The van der Waals surface area contributed by atoms with Crippen molar-refractivity contribution in [3.8, 4) is 0 Å². The van der Waals surface area contributed by atoms with Crippen LogP contribution in [0.15, 0.2) is 23.3 Å². The van der Waals surface area contributed by atoms with Gasteiger partial charge in [-0.3, -0.25) is 0 Å². The predicted molar refractivity (Wildman–Crippen MR) is 67.5 cm³/mol. The molecule has 0 amide bonds. The van der Waals surface area contributed by atoms with E-state index < -0.39 is 5.82 Å². The Bertz CT molecular complexity index is 574. The second-order valence-electron chi connectivity index (χ2n) is 3.45. The standard InChI is InChI=1S/C10H10ClFN6/c1-6-15-17-10(18(6)13)16-14-5-7-8(11)3-2-4-9(7)12/h2-5H,13H2,1H3,(H,16,17)/b14-5+. The maximum atomic E-state index is 13.4. The Hall–Kier alpha value is -2.15. The Morgan fingerprint density at radius 3 is 2.89 bits per heavy atom. The molecule has 0 aliphatic heterocycles. The fourth-order valence-corrected chi connectivity index (χ4v) is 1.45. The van der Waals surface area contributed by atoms with Gasteiger partial charge < -0.3 is 5.84 Å². The molecule has 1 aromatic carbocycles. The van der Waals surface area contributed by atoms with Gasteiger partial charge in [-0.1, -0.05) is 17.7 Å². The zero-order valence-corrected chi connectivity index (χ0v) is 10.2. The molecule has 0 saturated carbocycles. The lowest BCUT2D eigenvalue weighted by Crippen LogP contribution is -2.13. The first-order valence-corrected chi connectivity index (χ1v) is 5.37. The second-order valence-corrected chi connectivity index (χ2v) is 3.85. The first kappa shape index (κ1) is 12.3. The third-order valence-corrected chi connectivity index (χ3v) is 2.55. The molecule has 0 fully saturated rings. The van der Waals surface area contributed by atoms with Crippen LogP contribution < -0.4 is 11.3 Å². The first-order valence-electron chi connectivity index (χ1n) is 5.00. The molecule has 0 saturated heterocycles. The van der Waals surface area contributed by atoms with Crippen LogP contribution >= 0.6 is 11.6 Å². The van der Waals surface area contributed by atoms with Crippen molar-refractivity contribution in [3.05, 3.63) is 40.4 Å². The molecule has 94 valence electrons. The summed E-state index contributed by atoms with van der Waals surface area (Å²) in [5.74, 6) is 5.91. The van der Waals surface area contributed by atoms with Crippen molar-refractivity contribution in [1.29, 1.82) is 0 Å². The summed E-state index contributed by atoms with van der Waals surface area (Å²) in [6.45, 7) is 1.69. The normalized spacial score (nSPS) is 11.1. The lowest BCUT2D eigenvalue weighted by atomic mass is 10.2. The average Bonchev–Trinajstić information content (AvgIpc) is 2.65. The average molecular weight is 269 g/mol. The van der Waals surface area contributed by atoms with E-state index in [9.17, 15) is 4.39 Å². The molecule has 0 spiro atoms. The van der Waals surface area contributed by atoms with Crippen LogP contribution in [0.5, 0.6) is 0 Å². The van der Waals surface area contributed by atoms with Gasteiger partial charge in [0.15, 0.2) is 5.82 Å². The molecule has 1 heterocycles. The van der Waals surface area contributed by atoms with Crippen LogP contribution in [-0.4, -0.2) is 21.1 Å². The van der Waals surface area contributed by atoms with E-state index >= 15 is 0 Å². The van der Waals surface area contributed by atoms with Crippen LogP contribution in [0.3, 0.4) is 0 Å². The SMILES string of the molecule is Cc1nnc(N/N=C/c2c(F)cccc2Cl)n1N. The van der Waals surface area contributed by atoms with E-state index in [1.807, 2.05) is 0 Å². The molecular formula is C10H10ClFN6. The lowest BCUT2D eigenvalue weighted by Gasteiger charge is -2.01. The molecule has 3 N–H and O–H groups in total. The van der Waals surface area contributed by atoms with Crippen molar-refractivity contribution < 1.29 is 4.39 Å². The Labute approximate surface area is 107 Å². The van der Waals surface area contributed by atoms with Gasteiger partial charge in [-0.05, 0) is 19.1 Å². The highest BCUT2D eigenvalue weighted by Crippen LogP contribution is 2.16. The summed E-state index contributed by atoms with van der Waals surface area (Å²) in [5, 5.41) is 11.5. The van der Waals surface area contributed by atoms with Gasteiger partial charge in [0.25, 0.3) is 5.95 Å². The lowest BCUT2D eigenvalue weighted by molar-refractivity contribution is 0.626. The maximum absolute atomic E-state index is 13.4. The van der Waals surface area contributed by atoms with E-state index in [-0.39, 0.29) is 16.5 Å². The smallest absolute Gasteiger partial charge is 0.263 e. The molecule has 0 aliphatic rings. The fraction of sp³-hybridized carbons (Fsp3) is 0.100. The number of nitrogens with two attached hydrogens (primary N) is 1. The number of anilines is 1. The largest absolute Gasteiger partial charge is 0.335 e. The van der Waals surface area contributed by atoms with Crippen LogP contribution in [0.1, 0.15) is 11.4 Å². The number of rotatable bonds is 3. The molecule has 2 aromatic rings. The summed E-state index contributed by atoms with van der Waals surface area (Å²) < 4.78 is 14.6. The Balaban J connectivity index is 2.15. The van der Waals surface area contributed by atoms with Gasteiger partial charge in [-0.2, -0.15) is 5.10 Å². The third kappa shape index (κ3) is 2.40. The molecule has 1 aromatic heterocycles. The number of aryl methyl sites for hydroxylation is 1. The van der Waals surface area contributed by atoms with E-state index in [1.165, 1.54) is 23.0 Å². The molecule has 6 nitrogen and oxygen atoms in total. The van der Waals surface area contributed by atoms with Crippen LogP contribution in [0.25, 0.3) is 0 Å². The molecule has 0 atom stereocenters. The molecule has 0 radical (unpaired) electrons. The fourth-order valence-electron chi connectivity index (χ4n) is 1.23. The van der Waals surface area contributed by atoms with Crippen LogP contribution in [0, 0.1) is 12.7 Å². The predicted octanol–water partition coefficient (Wildman–Crippen LogP) is 1.54. The minimum atomic E-state index is -0.460. The molecule has 0 aliphatic carbocycles. The second kappa shape index (κ2) is 5.01. The quantitative estimate of drug-likeness (QED) is 0.503. The van der Waals surface area contributed by atoms with Crippen LogP contribution in [0.2, 0.25) is 5.02 Å². The summed E-state index contributed by atoms with van der Waals surface area (Å²) in [7, 11) is 0. The highest BCUT2D eigenvalue weighted by atomic mass is 35.5. The Morgan fingerprint density at radius 1 is 1.50 bits per heavy atom. The number of nitrogen functional groups attached to an aromatic ring is 1. The van der Waals surface area contributed by atoms with Crippen molar-refractivity contribution in [2.75, 3.05) is 11.3 Å². The molecular weight excluding hydrogens is 259 g/mol. The molecule has 2 rings (SSSR count). The third-order valence-electron chi connectivity index (χ3n) is 2.22. The molecule has 0 unspecified atom stereocenters. The number of nitrogens with zero attached hydrogens (tertiary/aromatic N) is 4. The minimum absolute atomic E-state index is 0.187. The van der Waals surface area contributed by atoms with Crippen molar-refractivity contribution in [3.63, 3.8) is 0 Å². The number of benzene rings is 1. The zero-order chi connectivity index (χ0) is 13.1. The highest BCUT2D eigenvalue weighted by molar-refractivity contribution is 6.33. The van der Waals surface area contributed by atoms with Gasteiger partial charge in [0.1, 0.15) is 5.82 Å². The van der Waals surface area contributed by atoms with E-state index in [1.54, 1.807) is 13.0 Å². The maximum Gasteiger partial charge on any atom is 0.263 e. The van der Waals surface area contributed by atoms with Gasteiger partial charge in [0.2, 0.25) is 0 Å². The summed E-state index contributed by atoms with van der Waals surface area (Å²) >= 11 is 5.83. The van der Waals surface area contributed by atoms with Crippen molar-refractivity contribution >= 4 is 23.8 Å². The molecule has 0 bridgehead atoms. The topological polar surface area (TPSA) is 81.1 Å². The Morgan fingerprint density at radius 2 is 2.28 bits per heavy atom. The van der Waals surface area contributed by atoms with E-state index in [0.29, 0.717) is 5.82 Å². The number of hydrogen-bond acceptors (Lipinski definition) is 5. The van der Waals surface area contributed by atoms with E-state index in [4.69, 9.17) is 17.4 Å². The summed E-state index contributed by atoms with van der Waals surface area (Å²) in [6, 6.07) is 4.38. The molecule has 18 heavy (non-hydrogen) atoms. The highest BCUT2D eigenvalue weighted by Gasteiger charge is 2.05. The summed E-state index contributed by atoms with van der Waals surface area (Å²) in [5.41, 5.74) is 2.73. The van der Waals surface area contributed by atoms with Crippen molar-refractivity contribution in [1.82, 2.24) is 14.9 Å². The van der Waals surface area contributed by atoms with Crippen LogP contribution in [0.4, 0.5) is 10.3 Å². The monoisotopic (exact) mass is 268 g/mol. The summed E-state index contributed by atoms with van der Waals surface area (Å²) in [4.78, 5) is 0. The number of aromatic nitrogens is 3. The Kier molecular flexibility index (Phi) is 3.42. The van der Waals surface area contributed by atoms with Crippen molar-refractivity contribution in [2.24, 2.45) is 5.10 Å². The van der Waals surface area contributed by atoms with E-state index in [2.05, 4.69) is 20.7 Å². The minimum Gasteiger partial charge on any atom is -0.335 e. The van der Waals surface area contributed by atoms with Crippen LogP contribution in [-0.2, 0) is 0 Å². The van der Waals surface area contributed by atoms with Gasteiger partial charge in [0, 0.05) is 5.56 Å². The first-order chi connectivity index (χ1) is 8.59. The van der Waals surface area contributed by atoms with Gasteiger partial charge in [-0.25, -0.2) is 14.5 Å². The zero-order valence-electron chi connectivity index (χ0n) is 9.43. The number of nitrogens with one attached hydrogen (secondary N) is 1. The van der Waals surface area contributed by atoms with Gasteiger partial charge >= 0.3 is 0 Å². The number of hydrazone groups is 1. The number of hydrogen-bond donors (Lipinski definition) is 2. The van der Waals surface area contributed by atoms with Gasteiger partial charge in [0.05, 0.1) is 11.2 Å². The molecule has 8 heteroatoms.